The summed E-state index contributed by atoms with van der Waals surface area (Å²) in [5.74, 6) is -0.596. The number of aliphatic hydroxyl groups excluding tert-OH is 1. The van der Waals surface area contributed by atoms with Gasteiger partial charge >= 0.3 is 6.03 Å². The van der Waals surface area contributed by atoms with Crippen molar-refractivity contribution < 1.29 is 22.7 Å². The third-order valence-corrected chi connectivity index (χ3v) is 7.26. The number of carbonyl (C=O) groups is 1. The summed E-state index contributed by atoms with van der Waals surface area (Å²) >= 11 is 0. The third-order valence-electron chi connectivity index (χ3n) is 5.34. The molecule has 1 saturated heterocycles. The topological polar surface area (TPSA) is 115 Å². The van der Waals surface area contributed by atoms with Crippen molar-refractivity contribution >= 4 is 27.4 Å². The van der Waals surface area contributed by atoms with Crippen LogP contribution in [0.5, 0.6) is 0 Å². The van der Waals surface area contributed by atoms with Gasteiger partial charge in [0, 0.05) is 37.4 Å². The van der Waals surface area contributed by atoms with Crippen LogP contribution < -0.4 is 10.6 Å². The van der Waals surface area contributed by atoms with Crippen LogP contribution in [0.25, 0.3) is 0 Å². The van der Waals surface area contributed by atoms with Crippen molar-refractivity contribution in [2.24, 2.45) is 0 Å². The zero-order chi connectivity index (χ0) is 23.3. The van der Waals surface area contributed by atoms with Crippen LogP contribution in [0.3, 0.4) is 0 Å². The Kier molecular flexibility index (Phi) is 7.77. The van der Waals surface area contributed by atoms with Gasteiger partial charge < -0.3 is 15.7 Å². The van der Waals surface area contributed by atoms with E-state index in [2.05, 4.69) is 15.6 Å². The number of amides is 2. The molecule has 0 bridgehead atoms. The number of sulfonamides is 1. The fraction of sp³-hybridized carbons (Fsp3) is 0.429. The van der Waals surface area contributed by atoms with Gasteiger partial charge in [-0.1, -0.05) is 12.1 Å². The summed E-state index contributed by atoms with van der Waals surface area (Å²) in [6, 6.07) is 7.01. The highest BCUT2D eigenvalue weighted by molar-refractivity contribution is 7.89. The summed E-state index contributed by atoms with van der Waals surface area (Å²) in [7, 11) is -3.42. The van der Waals surface area contributed by atoms with Crippen LogP contribution in [-0.2, 0) is 16.6 Å². The summed E-state index contributed by atoms with van der Waals surface area (Å²) in [4.78, 5) is 18.2. The SMILES string of the molecule is CCS(=O)(=O)N1CCN(Cc2cccc(NC(=O)Nc3ccc(C)nc3)c2F)C[C@H]1CO. The Labute approximate surface area is 187 Å². The van der Waals surface area contributed by atoms with Gasteiger partial charge in [-0.05, 0) is 32.0 Å². The van der Waals surface area contributed by atoms with Crippen molar-refractivity contribution in [3.8, 4) is 0 Å². The summed E-state index contributed by atoms with van der Waals surface area (Å²) in [6.45, 7) is 4.23. The molecule has 2 heterocycles. The molecule has 32 heavy (non-hydrogen) atoms. The maximum atomic E-state index is 15.0. The van der Waals surface area contributed by atoms with Crippen molar-refractivity contribution in [3.63, 3.8) is 0 Å². The Bertz CT molecular complexity index is 1050. The highest BCUT2D eigenvalue weighted by atomic mass is 32.2. The highest BCUT2D eigenvalue weighted by Crippen LogP contribution is 2.22. The minimum atomic E-state index is -3.42. The molecule has 2 amide bonds. The van der Waals surface area contributed by atoms with Crippen LogP contribution in [-0.4, -0.2) is 71.8 Å². The maximum Gasteiger partial charge on any atom is 0.323 e. The van der Waals surface area contributed by atoms with Crippen LogP contribution in [0.2, 0.25) is 0 Å². The van der Waals surface area contributed by atoms with E-state index < -0.39 is 27.9 Å². The number of pyridine rings is 1. The first-order valence-corrected chi connectivity index (χ1v) is 11.9. The van der Waals surface area contributed by atoms with Gasteiger partial charge in [-0.3, -0.25) is 9.88 Å². The van der Waals surface area contributed by atoms with Crippen LogP contribution in [0.4, 0.5) is 20.6 Å². The number of nitrogens with one attached hydrogen (secondary N) is 2. The Balaban J connectivity index is 1.65. The van der Waals surface area contributed by atoms with Crippen LogP contribution in [0.1, 0.15) is 18.2 Å². The van der Waals surface area contributed by atoms with Crippen molar-refractivity contribution in [1.29, 1.82) is 0 Å². The zero-order valence-corrected chi connectivity index (χ0v) is 18.9. The molecule has 174 valence electrons. The largest absolute Gasteiger partial charge is 0.395 e. The standard InChI is InChI=1S/C21H28FN5O4S/c1-3-32(30,31)27-10-9-26(13-18(27)14-28)12-16-5-4-6-19(20(16)22)25-21(29)24-17-8-7-15(2)23-11-17/h4-8,11,18,28H,3,9-10,12-14H2,1-2H3,(H2,24,25,29)/t18-/m0/s1. The second-order valence-corrected chi connectivity index (χ2v) is 9.84. The number of halogens is 1. The lowest BCUT2D eigenvalue weighted by Gasteiger charge is -2.39. The number of piperazine rings is 1. The fourth-order valence-electron chi connectivity index (χ4n) is 3.59. The molecule has 3 N–H and O–H groups in total. The van der Waals surface area contributed by atoms with Crippen molar-refractivity contribution in [2.75, 3.05) is 42.6 Å². The monoisotopic (exact) mass is 465 g/mol. The predicted octanol–water partition coefficient (Wildman–Crippen LogP) is 2.00. The molecule has 0 spiro atoms. The second kappa shape index (κ2) is 10.3. The van der Waals surface area contributed by atoms with E-state index in [9.17, 15) is 18.3 Å². The summed E-state index contributed by atoms with van der Waals surface area (Å²) < 4.78 is 40.8. The van der Waals surface area contributed by atoms with Gasteiger partial charge in [-0.25, -0.2) is 17.6 Å². The van der Waals surface area contributed by atoms with Gasteiger partial charge in [0.1, 0.15) is 0 Å². The van der Waals surface area contributed by atoms with Gasteiger partial charge in [0.2, 0.25) is 10.0 Å². The number of aromatic nitrogens is 1. The molecule has 1 aliphatic rings. The molecule has 11 heteroatoms. The van der Waals surface area contributed by atoms with Crippen molar-refractivity contribution in [2.45, 2.75) is 26.4 Å². The molecule has 0 radical (unpaired) electrons. The molecule has 0 saturated carbocycles. The summed E-state index contributed by atoms with van der Waals surface area (Å²) in [6.07, 6.45) is 1.51. The number of benzene rings is 1. The lowest BCUT2D eigenvalue weighted by atomic mass is 10.1. The van der Waals surface area contributed by atoms with Gasteiger partial charge in [-0.15, -0.1) is 0 Å². The van der Waals surface area contributed by atoms with E-state index in [1.165, 1.54) is 16.6 Å². The van der Waals surface area contributed by atoms with E-state index in [1.54, 1.807) is 31.2 Å². The number of aryl methyl sites for hydroxylation is 1. The number of nitrogens with zero attached hydrogens (tertiary/aromatic N) is 3. The molecule has 1 aromatic carbocycles. The minimum Gasteiger partial charge on any atom is -0.395 e. The van der Waals surface area contributed by atoms with Gasteiger partial charge in [-0.2, -0.15) is 4.31 Å². The number of aliphatic hydroxyl groups is 1. The Morgan fingerprint density at radius 1 is 1.25 bits per heavy atom. The number of hydrogen-bond donors (Lipinski definition) is 3. The number of anilines is 2. The second-order valence-electron chi connectivity index (χ2n) is 7.63. The Morgan fingerprint density at radius 3 is 2.69 bits per heavy atom. The Morgan fingerprint density at radius 2 is 2.03 bits per heavy atom. The first kappa shape index (κ1) is 24.1. The fourth-order valence-corrected chi connectivity index (χ4v) is 4.87. The van der Waals surface area contributed by atoms with E-state index in [0.29, 0.717) is 17.8 Å². The number of urea groups is 1. The first-order valence-electron chi connectivity index (χ1n) is 10.3. The van der Waals surface area contributed by atoms with Crippen LogP contribution in [0, 0.1) is 12.7 Å². The molecule has 1 aromatic heterocycles. The van der Waals surface area contributed by atoms with Gasteiger partial charge in [0.25, 0.3) is 0 Å². The first-order chi connectivity index (χ1) is 15.2. The van der Waals surface area contributed by atoms with Crippen LogP contribution in [0.15, 0.2) is 36.5 Å². The number of carbonyl (C=O) groups excluding carboxylic acids is 1. The van der Waals surface area contributed by atoms with E-state index in [1.807, 2.05) is 11.8 Å². The molecule has 1 fully saturated rings. The van der Waals surface area contributed by atoms with Gasteiger partial charge in [0.15, 0.2) is 5.82 Å². The van der Waals surface area contributed by atoms with Crippen molar-refractivity contribution in [3.05, 3.63) is 53.6 Å². The molecule has 1 atom stereocenters. The summed E-state index contributed by atoms with van der Waals surface area (Å²) in [5, 5.41) is 14.8. The molecule has 0 aliphatic carbocycles. The lowest BCUT2D eigenvalue weighted by molar-refractivity contribution is 0.0867. The van der Waals surface area contributed by atoms with E-state index in [0.717, 1.165) is 5.69 Å². The molecule has 1 aliphatic heterocycles. The number of hydrogen-bond acceptors (Lipinski definition) is 6. The predicted molar refractivity (Wildman–Crippen MR) is 120 cm³/mol. The average Bonchev–Trinajstić information content (AvgIpc) is 2.78. The molecule has 3 rings (SSSR count). The third kappa shape index (κ3) is 5.80. The normalized spacial score (nSPS) is 17.8. The minimum absolute atomic E-state index is 0.0333. The van der Waals surface area contributed by atoms with Gasteiger partial charge in [0.05, 0.1) is 36.0 Å². The van der Waals surface area contributed by atoms with Crippen LogP contribution >= 0.6 is 0 Å². The quantitative estimate of drug-likeness (QED) is 0.576. The highest BCUT2D eigenvalue weighted by Gasteiger charge is 2.34. The average molecular weight is 466 g/mol. The molecule has 9 nitrogen and oxygen atoms in total. The molecule has 0 unspecified atom stereocenters. The number of rotatable bonds is 7. The molecular weight excluding hydrogens is 437 g/mol. The lowest BCUT2D eigenvalue weighted by Crippen LogP contribution is -2.56. The molecule has 2 aromatic rings. The van der Waals surface area contributed by atoms with E-state index >= 15 is 4.39 Å². The van der Waals surface area contributed by atoms with E-state index in [4.69, 9.17) is 0 Å². The molecular formula is C21H28FN5O4S. The van der Waals surface area contributed by atoms with Crippen molar-refractivity contribution in [1.82, 2.24) is 14.2 Å². The maximum absolute atomic E-state index is 15.0. The smallest absolute Gasteiger partial charge is 0.323 e. The Hall–Kier alpha value is -2.60. The zero-order valence-electron chi connectivity index (χ0n) is 18.1. The summed E-state index contributed by atoms with van der Waals surface area (Å²) in [5.41, 5.74) is 1.69. The van der Waals surface area contributed by atoms with E-state index in [-0.39, 0.29) is 37.7 Å².